The molecule has 1 aromatic carbocycles. The summed E-state index contributed by atoms with van der Waals surface area (Å²) < 4.78 is 26.4. The molecule has 2 aromatic rings. The first-order valence-electron chi connectivity index (χ1n) is 5.61. The number of aromatic nitrogens is 4. The van der Waals surface area contributed by atoms with E-state index in [4.69, 9.17) is 11.6 Å². The third kappa shape index (κ3) is 3.70. The molecule has 0 saturated carbocycles. The molecule has 0 aliphatic rings. The number of rotatable bonds is 5. The topological polar surface area (TPSA) is 63.9 Å². The van der Waals surface area contributed by atoms with Crippen LogP contribution in [0, 0.1) is 0 Å². The maximum absolute atomic E-state index is 12.6. The monoisotopic (exact) mass is 301 g/mol. The number of carbonyl (C=O) groups is 1. The molecular formula is C11H10ClF2N5O. The van der Waals surface area contributed by atoms with Crippen LogP contribution in [0.15, 0.2) is 30.6 Å². The van der Waals surface area contributed by atoms with Crippen molar-refractivity contribution in [2.24, 2.45) is 0 Å². The normalized spacial score (nSPS) is 10.8. The van der Waals surface area contributed by atoms with Gasteiger partial charge in [-0.1, -0.05) is 17.7 Å². The summed E-state index contributed by atoms with van der Waals surface area (Å²) in [5, 5.41) is 10.6. The Labute approximate surface area is 117 Å². The van der Waals surface area contributed by atoms with Crippen LogP contribution < -0.4 is 4.90 Å². The number of nitrogens with zero attached hydrogens (tertiary/aromatic N) is 5. The highest BCUT2D eigenvalue weighted by Gasteiger charge is 2.21. The Morgan fingerprint density at radius 3 is 2.85 bits per heavy atom. The van der Waals surface area contributed by atoms with E-state index >= 15 is 0 Å². The second kappa shape index (κ2) is 6.38. The molecule has 20 heavy (non-hydrogen) atoms. The number of amides is 1. The van der Waals surface area contributed by atoms with Crippen LogP contribution in [0.3, 0.4) is 0 Å². The Morgan fingerprint density at radius 1 is 1.45 bits per heavy atom. The van der Waals surface area contributed by atoms with Crippen molar-refractivity contribution in [3.05, 3.63) is 35.6 Å². The van der Waals surface area contributed by atoms with Gasteiger partial charge in [0.05, 0.1) is 6.54 Å². The van der Waals surface area contributed by atoms with Gasteiger partial charge >= 0.3 is 0 Å². The fourth-order valence-corrected chi connectivity index (χ4v) is 1.79. The number of alkyl halides is 2. The van der Waals surface area contributed by atoms with Gasteiger partial charge in [0.1, 0.15) is 12.9 Å². The first-order valence-corrected chi connectivity index (χ1v) is 5.99. The van der Waals surface area contributed by atoms with E-state index in [1.54, 1.807) is 12.1 Å². The minimum absolute atomic E-state index is 0.230. The molecule has 0 aliphatic heterocycles. The van der Waals surface area contributed by atoms with Crippen LogP contribution in [-0.2, 0) is 11.3 Å². The molecule has 0 atom stereocenters. The van der Waals surface area contributed by atoms with Crippen LogP contribution in [0.25, 0.3) is 0 Å². The molecule has 0 bridgehead atoms. The SMILES string of the molecule is O=C(Cn1cnnn1)N(CC(F)F)c1cccc(Cl)c1. The minimum Gasteiger partial charge on any atom is -0.305 e. The fraction of sp³-hybridized carbons (Fsp3) is 0.273. The van der Waals surface area contributed by atoms with Gasteiger partial charge in [-0.25, -0.2) is 13.5 Å². The van der Waals surface area contributed by atoms with E-state index in [0.717, 1.165) is 9.58 Å². The average Bonchev–Trinajstić information content (AvgIpc) is 2.88. The molecule has 0 unspecified atom stereocenters. The van der Waals surface area contributed by atoms with Crippen LogP contribution in [0.4, 0.5) is 14.5 Å². The molecule has 0 aliphatic carbocycles. The first-order chi connectivity index (χ1) is 9.56. The van der Waals surface area contributed by atoms with E-state index in [0.29, 0.717) is 10.7 Å². The second-order valence-corrected chi connectivity index (χ2v) is 4.32. The summed E-state index contributed by atoms with van der Waals surface area (Å²) in [6.45, 7) is -0.951. The molecule has 0 fully saturated rings. The molecule has 9 heteroatoms. The van der Waals surface area contributed by atoms with Crippen molar-refractivity contribution in [3.63, 3.8) is 0 Å². The van der Waals surface area contributed by atoms with Gasteiger partial charge in [0.25, 0.3) is 6.43 Å². The van der Waals surface area contributed by atoms with Gasteiger partial charge in [-0.2, -0.15) is 0 Å². The summed E-state index contributed by atoms with van der Waals surface area (Å²) in [5.41, 5.74) is 0.302. The standard InChI is InChI=1S/C11H10ClF2N5O/c12-8-2-1-3-9(4-8)19(5-10(13)14)11(20)6-18-7-15-16-17-18/h1-4,7,10H,5-6H2. The Bertz CT molecular complexity index is 578. The summed E-state index contributed by atoms with van der Waals surface area (Å²) >= 11 is 5.81. The van der Waals surface area contributed by atoms with Crippen molar-refractivity contribution < 1.29 is 13.6 Å². The summed E-state index contributed by atoms with van der Waals surface area (Å²) in [6.07, 6.45) is -1.43. The lowest BCUT2D eigenvalue weighted by atomic mass is 10.2. The molecule has 1 aromatic heterocycles. The van der Waals surface area contributed by atoms with Crippen molar-refractivity contribution in [2.45, 2.75) is 13.0 Å². The number of hydrogen-bond acceptors (Lipinski definition) is 4. The number of benzene rings is 1. The summed E-state index contributed by atoms with van der Waals surface area (Å²) in [4.78, 5) is 13.0. The molecule has 1 amide bonds. The maximum atomic E-state index is 12.6. The quantitative estimate of drug-likeness (QED) is 0.842. The minimum atomic E-state index is -2.66. The van der Waals surface area contributed by atoms with E-state index in [9.17, 15) is 13.6 Å². The highest BCUT2D eigenvalue weighted by Crippen LogP contribution is 2.20. The van der Waals surface area contributed by atoms with Gasteiger partial charge in [0, 0.05) is 10.7 Å². The van der Waals surface area contributed by atoms with Crippen LogP contribution in [0.5, 0.6) is 0 Å². The van der Waals surface area contributed by atoms with Gasteiger partial charge in [0.15, 0.2) is 0 Å². The molecule has 0 N–H and O–H groups in total. The average molecular weight is 302 g/mol. The van der Waals surface area contributed by atoms with Crippen molar-refractivity contribution in [3.8, 4) is 0 Å². The number of tetrazole rings is 1. The van der Waals surface area contributed by atoms with Crippen LogP contribution in [0.1, 0.15) is 0 Å². The third-order valence-electron chi connectivity index (χ3n) is 2.43. The molecule has 106 valence electrons. The Kier molecular flexibility index (Phi) is 4.57. The van der Waals surface area contributed by atoms with E-state index in [-0.39, 0.29) is 6.54 Å². The van der Waals surface area contributed by atoms with Crippen molar-refractivity contribution in [2.75, 3.05) is 11.4 Å². The maximum Gasteiger partial charge on any atom is 0.256 e. The van der Waals surface area contributed by atoms with Crippen LogP contribution in [-0.4, -0.2) is 39.1 Å². The summed E-state index contributed by atoms with van der Waals surface area (Å²) in [6, 6.07) is 6.16. The number of carbonyl (C=O) groups excluding carboxylic acids is 1. The fourth-order valence-electron chi connectivity index (χ4n) is 1.61. The Balaban J connectivity index is 2.20. The Hall–Kier alpha value is -2.09. The summed E-state index contributed by atoms with van der Waals surface area (Å²) in [5.74, 6) is -0.556. The molecule has 2 rings (SSSR count). The molecular weight excluding hydrogens is 292 g/mol. The number of halogens is 3. The predicted molar refractivity (Wildman–Crippen MR) is 67.6 cm³/mol. The van der Waals surface area contributed by atoms with Gasteiger partial charge in [-0.05, 0) is 28.6 Å². The first kappa shape index (κ1) is 14.3. The third-order valence-corrected chi connectivity index (χ3v) is 2.67. The van der Waals surface area contributed by atoms with Crippen LogP contribution in [0.2, 0.25) is 5.02 Å². The number of hydrogen-bond donors (Lipinski definition) is 0. The van der Waals surface area contributed by atoms with Crippen molar-refractivity contribution in [1.82, 2.24) is 20.2 Å². The van der Waals surface area contributed by atoms with E-state index in [1.807, 2.05) is 0 Å². The zero-order valence-corrected chi connectivity index (χ0v) is 10.9. The van der Waals surface area contributed by atoms with Gasteiger partial charge < -0.3 is 4.90 Å². The van der Waals surface area contributed by atoms with Gasteiger partial charge in [-0.15, -0.1) is 5.10 Å². The van der Waals surface area contributed by atoms with Gasteiger partial charge in [0.2, 0.25) is 5.91 Å². The largest absolute Gasteiger partial charge is 0.305 e. The van der Waals surface area contributed by atoms with E-state index in [1.165, 1.54) is 18.5 Å². The lowest BCUT2D eigenvalue weighted by Crippen LogP contribution is -2.37. The zero-order valence-electron chi connectivity index (χ0n) is 10.2. The highest BCUT2D eigenvalue weighted by atomic mass is 35.5. The highest BCUT2D eigenvalue weighted by molar-refractivity contribution is 6.30. The second-order valence-electron chi connectivity index (χ2n) is 3.88. The zero-order chi connectivity index (χ0) is 14.5. The van der Waals surface area contributed by atoms with Gasteiger partial charge in [-0.3, -0.25) is 4.79 Å². The molecule has 0 saturated heterocycles. The predicted octanol–water partition coefficient (Wildman–Crippen LogP) is 1.62. The van der Waals surface area contributed by atoms with E-state index in [2.05, 4.69) is 15.5 Å². The molecule has 6 nitrogen and oxygen atoms in total. The van der Waals surface area contributed by atoms with Crippen molar-refractivity contribution in [1.29, 1.82) is 0 Å². The lowest BCUT2D eigenvalue weighted by Gasteiger charge is -2.22. The summed E-state index contributed by atoms with van der Waals surface area (Å²) in [7, 11) is 0. The molecule has 0 radical (unpaired) electrons. The Morgan fingerprint density at radius 2 is 2.25 bits per heavy atom. The smallest absolute Gasteiger partial charge is 0.256 e. The molecule has 1 heterocycles. The van der Waals surface area contributed by atoms with E-state index < -0.39 is 18.9 Å². The van der Waals surface area contributed by atoms with Crippen LogP contribution >= 0.6 is 11.6 Å². The van der Waals surface area contributed by atoms with Crippen molar-refractivity contribution >= 4 is 23.2 Å². The molecule has 0 spiro atoms. The lowest BCUT2D eigenvalue weighted by molar-refractivity contribution is -0.119. The number of anilines is 1.